The number of thiazole rings is 1. The summed E-state index contributed by atoms with van der Waals surface area (Å²) in [4.78, 5) is 16.5. The number of benzene rings is 2. The van der Waals surface area contributed by atoms with Gasteiger partial charge in [0.25, 0.3) is 0 Å². The van der Waals surface area contributed by atoms with Crippen LogP contribution in [-0.4, -0.2) is 45.5 Å². The van der Waals surface area contributed by atoms with Crippen LogP contribution in [0.25, 0.3) is 10.2 Å². The van der Waals surface area contributed by atoms with Crippen LogP contribution < -0.4 is 5.32 Å². The molecule has 0 radical (unpaired) electrons. The highest BCUT2D eigenvalue weighted by Gasteiger charge is 2.18. The van der Waals surface area contributed by atoms with Gasteiger partial charge >= 0.3 is 0 Å². The third-order valence-corrected chi connectivity index (χ3v) is 7.81. The van der Waals surface area contributed by atoms with Gasteiger partial charge in [0.05, 0.1) is 20.9 Å². The number of amides is 1. The minimum atomic E-state index is -3.54. The third-order valence-electron chi connectivity index (χ3n) is 4.15. The second-order valence-corrected chi connectivity index (χ2v) is 11.9. The van der Waals surface area contributed by atoms with Crippen LogP contribution in [0.5, 0.6) is 0 Å². The summed E-state index contributed by atoms with van der Waals surface area (Å²) in [5.74, 6) is -1.36. The molecule has 154 valence electrons. The Labute approximate surface area is 173 Å². The lowest BCUT2D eigenvalue weighted by molar-refractivity contribution is -0.113. The first-order valence-electron chi connectivity index (χ1n) is 8.77. The van der Waals surface area contributed by atoms with E-state index in [0.29, 0.717) is 23.1 Å². The molecule has 0 aliphatic heterocycles. The number of nitrogens with zero attached hydrogens (tertiary/aromatic N) is 1. The number of nitrogens with one attached hydrogen (secondary N) is 1. The molecule has 0 atom stereocenters. The Morgan fingerprint density at radius 1 is 1.07 bits per heavy atom. The molecule has 1 amide bonds. The number of hydrogen-bond acceptors (Lipinski definition) is 7. The summed E-state index contributed by atoms with van der Waals surface area (Å²) in [6.07, 6.45) is 2.18. The number of anilines is 1. The summed E-state index contributed by atoms with van der Waals surface area (Å²) in [5.41, 5.74) is 1.58. The quantitative estimate of drug-likeness (QED) is 0.563. The molecule has 0 aliphatic carbocycles. The monoisotopic (exact) mass is 452 g/mol. The van der Waals surface area contributed by atoms with E-state index in [9.17, 15) is 21.6 Å². The molecule has 0 saturated carbocycles. The predicted molar refractivity (Wildman–Crippen MR) is 115 cm³/mol. The van der Waals surface area contributed by atoms with Crippen molar-refractivity contribution < 1.29 is 21.6 Å². The van der Waals surface area contributed by atoms with Crippen LogP contribution in [0.1, 0.15) is 12.0 Å². The Morgan fingerprint density at radius 3 is 2.48 bits per heavy atom. The van der Waals surface area contributed by atoms with E-state index in [2.05, 4.69) is 10.3 Å². The molecule has 0 unspecified atom stereocenters. The summed E-state index contributed by atoms with van der Waals surface area (Å²) in [6.45, 7) is 0. The molecule has 7 nitrogen and oxygen atoms in total. The fraction of sp³-hybridized carbons (Fsp3) is 0.263. The van der Waals surface area contributed by atoms with Crippen molar-refractivity contribution in [2.75, 3.05) is 23.1 Å². The van der Waals surface area contributed by atoms with Crippen molar-refractivity contribution in [3.05, 3.63) is 54.1 Å². The largest absolute Gasteiger partial charge is 0.301 e. The third kappa shape index (κ3) is 6.09. The Hall–Kier alpha value is -2.30. The van der Waals surface area contributed by atoms with E-state index in [1.165, 1.54) is 12.1 Å². The smallest absolute Gasteiger partial charge is 0.241 e. The van der Waals surface area contributed by atoms with Crippen molar-refractivity contribution in [3.8, 4) is 0 Å². The number of aromatic nitrogens is 1. The molecule has 3 rings (SSSR count). The van der Waals surface area contributed by atoms with Crippen LogP contribution in [-0.2, 0) is 30.9 Å². The van der Waals surface area contributed by atoms with Crippen LogP contribution >= 0.6 is 11.3 Å². The van der Waals surface area contributed by atoms with Gasteiger partial charge in [-0.3, -0.25) is 4.79 Å². The summed E-state index contributed by atoms with van der Waals surface area (Å²) in [6, 6.07) is 14.0. The molecule has 0 fully saturated rings. The van der Waals surface area contributed by atoms with Crippen LogP contribution in [0.3, 0.4) is 0 Å². The first-order chi connectivity index (χ1) is 13.6. The van der Waals surface area contributed by atoms with Gasteiger partial charge in [0.1, 0.15) is 5.75 Å². The van der Waals surface area contributed by atoms with Crippen LogP contribution in [0, 0.1) is 0 Å². The average Bonchev–Trinajstić information content (AvgIpc) is 3.02. The van der Waals surface area contributed by atoms with Crippen LogP contribution in [0.15, 0.2) is 53.4 Å². The minimum absolute atomic E-state index is 0.0765. The number of rotatable bonds is 8. The molecule has 10 heteroatoms. The summed E-state index contributed by atoms with van der Waals surface area (Å²) < 4.78 is 48.3. The summed E-state index contributed by atoms with van der Waals surface area (Å²) in [5, 5.41) is 2.73. The SMILES string of the molecule is CS(=O)(=O)c1ccc2nc(NC(=O)CS(=O)(=O)CCCc3ccccc3)sc2c1. The Kier molecular flexibility index (Phi) is 6.35. The maximum atomic E-state index is 12.2. The van der Waals surface area contributed by atoms with Gasteiger partial charge < -0.3 is 5.32 Å². The van der Waals surface area contributed by atoms with E-state index >= 15 is 0 Å². The zero-order chi connectivity index (χ0) is 21.1. The first kappa shape index (κ1) is 21.4. The first-order valence-corrected chi connectivity index (χ1v) is 13.3. The van der Waals surface area contributed by atoms with E-state index in [1.807, 2.05) is 30.3 Å². The maximum Gasteiger partial charge on any atom is 0.241 e. The van der Waals surface area contributed by atoms with E-state index in [4.69, 9.17) is 0 Å². The second kappa shape index (κ2) is 8.60. The molecule has 29 heavy (non-hydrogen) atoms. The lowest BCUT2D eigenvalue weighted by Gasteiger charge is -2.05. The topological polar surface area (TPSA) is 110 Å². The highest BCUT2D eigenvalue weighted by molar-refractivity contribution is 7.92. The number of hydrogen-bond donors (Lipinski definition) is 1. The van der Waals surface area contributed by atoms with E-state index in [-0.39, 0.29) is 15.8 Å². The Morgan fingerprint density at radius 2 is 1.79 bits per heavy atom. The Balaban J connectivity index is 1.59. The summed E-state index contributed by atoms with van der Waals surface area (Å²) in [7, 11) is -6.89. The molecule has 1 heterocycles. The molecule has 3 aromatic rings. The number of aryl methyl sites for hydroxylation is 1. The van der Waals surface area contributed by atoms with Crippen molar-refractivity contribution in [1.29, 1.82) is 0 Å². The average molecular weight is 453 g/mol. The molecule has 0 bridgehead atoms. The standard InChI is InChI=1S/C19H20N2O5S3/c1-28(23,24)15-9-10-16-17(12-15)27-19(20-16)21-18(22)13-29(25,26)11-5-8-14-6-3-2-4-7-14/h2-4,6-7,9-10,12H,5,8,11,13H2,1H3,(H,20,21,22). The van der Waals surface area contributed by atoms with Crippen molar-refractivity contribution in [3.63, 3.8) is 0 Å². The molecular formula is C19H20N2O5S3. The lowest BCUT2D eigenvalue weighted by Crippen LogP contribution is -2.24. The second-order valence-electron chi connectivity index (χ2n) is 6.65. The minimum Gasteiger partial charge on any atom is -0.301 e. The van der Waals surface area contributed by atoms with Crippen molar-refractivity contribution in [2.24, 2.45) is 0 Å². The van der Waals surface area contributed by atoms with Gasteiger partial charge in [0.15, 0.2) is 24.8 Å². The molecule has 0 spiro atoms. The fourth-order valence-corrected chi connectivity index (χ4v) is 5.60. The number of sulfone groups is 2. The van der Waals surface area contributed by atoms with Crippen molar-refractivity contribution >= 4 is 52.3 Å². The van der Waals surface area contributed by atoms with Crippen LogP contribution in [0.2, 0.25) is 0 Å². The molecule has 0 saturated heterocycles. The highest BCUT2D eigenvalue weighted by Crippen LogP contribution is 2.28. The van der Waals surface area contributed by atoms with Crippen molar-refractivity contribution in [2.45, 2.75) is 17.7 Å². The lowest BCUT2D eigenvalue weighted by atomic mass is 10.1. The fourth-order valence-electron chi connectivity index (χ4n) is 2.76. The van der Waals surface area contributed by atoms with Gasteiger partial charge in [-0.05, 0) is 36.6 Å². The maximum absolute atomic E-state index is 12.2. The van der Waals surface area contributed by atoms with E-state index in [1.54, 1.807) is 6.07 Å². The van der Waals surface area contributed by atoms with E-state index in [0.717, 1.165) is 23.2 Å². The summed E-state index contributed by atoms with van der Waals surface area (Å²) >= 11 is 1.09. The normalized spacial score (nSPS) is 12.2. The molecule has 2 aromatic carbocycles. The van der Waals surface area contributed by atoms with Crippen LogP contribution in [0.4, 0.5) is 5.13 Å². The van der Waals surface area contributed by atoms with Gasteiger partial charge in [0.2, 0.25) is 5.91 Å². The number of carbonyl (C=O) groups excluding carboxylic acids is 1. The Bertz CT molecular complexity index is 1230. The van der Waals surface area contributed by atoms with Gasteiger partial charge in [-0.15, -0.1) is 0 Å². The zero-order valence-corrected chi connectivity index (χ0v) is 18.1. The molecular weight excluding hydrogens is 432 g/mol. The van der Waals surface area contributed by atoms with E-state index < -0.39 is 31.3 Å². The van der Waals surface area contributed by atoms with Gasteiger partial charge in [0, 0.05) is 6.26 Å². The van der Waals surface area contributed by atoms with Gasteiger partial charge in [-0.1, -0.05) is 41.7 Å². The number of carbonyl (C=O) groups is 1. The zero-order valence-electron chi connectivity index (χ0n) is 15.7. The predicted octanol–water partition coefficient (Wildman–Crippen LogP) is 2.69. The highest BCUT2D eigenvalue weighted by atomic mass is 32.2. The number of fused-ring (bicyclic) bond motifs is 1. The van der Waals surface area contributed by atoms with Gasteiger partial charge in [-0.2, -0.15) is 0 Å². The molecule has 0 aliphatic rings. The van der Waals surface area contributed by atoms with Crippen molar-refractivity contribution in [1.82, 2.24) is 4.98 Å². The van der Waals surface area contributed by atoms with Gasteiger partial charge in [-0.25, -0.2) is 21.8 Å². The molecule has 1 aromatic heterocycles. The molecule has 1 N–H and O–H groups in total.